The molecule has 1 aliphatic heterocycles. The first-order valence-corrected chi connectivity index (χ1v) is 9.27. The van der Waals surface area contributed by atoms with Crippen molar-refractivity contribution in [3.8, 4) is 0 Å². The molecule has 1 heterocycles. The fraction of sp³-hybridized carbons (Fsp3) is 0.833. The summed E-state index contributed by atoms with van der Waals surface area (Å²) in [5.41, 5.74) is -1.11. The summed E-state index contributed by atoms with van der Waals surface area (Å²) in [6.07, 6.45) is -7.19. The van der Waals surface area contributed by atoms with E-state index in [9.17, 15) is 35.4 Å². The standard InChI is InChI=1S/C18H28O10/c1-18(25)5-8(20)11-7(16(24)26-2)3-4-9(12(11)18)27-17-15(23)14(22)13(21)10(6-19)28-17/h3,8-15,17,19-23,25H,4-6H2,1-2H3/t8-,9-,10-,11+,12+,13-,14+,15-,17-,18+/m1/s1. The maximum Gasteiger partial charge on any atom is 0.333 e. The van der Waals surface area contributed by atoms with Crippen LogP contribution in [-0.2, 0) is 19.0 Å². The Labute approximate surface area is 162 Å². The number of aliphatic hydroxyl groups excluding tert-OH is 5. The van der Waals surface area contributed by atoms with Gasteiger partial charge in [0, 0.05) is 23.8 Å². The first-order valence-electron chi connectivity index (χ1n) is 9.27. The number of rotatable bonds is 4. The van der Waals surface area contributed by atoms with Crippen molar-refractivity contribution in [3.63, 3.8) is 0 Å². The number of carbonyl (C=O) groups is 1. The van der Waals surface area contributed by atoms with E-state index in [-0.39, 0.29) is 18.4 Å². The van der Waals surface area contributed by atoms with Crippen LogP contribution in [0.1, 0.15) is 19.8 Å². The lowest BCUT2D eigenvalue weighted by atomic mass is 9.73. The number of carbonyl (C=O) groups excluding carboxylic acids is 1. The number of methoxy groups -OCH3 is 1. The van der Waals surface area contributed by atoms with Gasteiger partial charge in [-0.2, -0.15) is 0 Å². The van der Waals surface area contributed by atoms with Gasteiger partial charge in [0.1, 0.15) is 24.4 Å². The minimum Gasteiger partial charge on any atom is -0.466 e. The quantitative estimate of drug-likeness (QED) is 0.274. The molecule has 0 radical (unpaired) electrons. The smallest absolute Gasteiger partial charge is 0.333 e. The SMILES string of the molecule is COC(=O)C1=CC[C@@H](O[C@@H]2O[C@H](CO)[C@@H](O)[C@H](O)[C@H]2O)[C@H]2[C@@H]1[C@H](O)C[C@]2(C)O. The monoisotopic (exact) mass is 404 g/mol. The molecule has 0 aromatic carbocycles. The predicted molar refractivity (Wildman–Crippen MR) is 91.6 cm³/mol. The van der Waals surface area contributed by atoms with Crippen LogP contribution in [0.4, 0.5) is 0 Å². The topological polar surface area (TPSA) is 166 Å². The van der Waals surface area contributed by atoms with E-state index < -0.39 is 72.9 Å². The summed E-state index contributed by atoms with van der Waals surface area (Å²) in [5.74, 6) is -2.03. The van der Waals surface area contributed by atoms with E-state index in [0.717, 1.165) is 0 Å². The zero-order valence-corrected chi connectivity index (χ0v) is 15.7. The molecule has 10 heteroatoms. The Kier molecular flexibility index (Phi) is 6.14. The summed E-state index contributed by atoms with van der Waals surface area (Å²) in [5, 5.41) is 60.6. The second kappa shape index (κ2) is 7.96. The molecule has 1 saturated carbocycles. The third kappa shape index (κ3) is 3.59. The predicted octanol–water partition coefficient (Wildman–Crippen LogP) is -2.58. The van der Waals surface area contributed by atoms with Crippen LogP contribution >= 0.6 is 0 Å². The Hall–Kier alpha value is -1.11. The number of hydrogen-bond acceptors (Lipinski definition) is 10. The van der Waals surface area contributed by atoms with Gasteiger partial charge in [0.05, 0.1) is 31.5 Å². The van der Waals surface area contributed by atoms with Gasteiger partial charge in [-0.05, 0) is 13.3 Å². The number of ether oxygens (including phenoxy) is 3. The van der Waals surface area contributed by atoms with Gasteiger partial charge in [-0.1, -0.05) is 6.08 Å². The third-order valence-electron chi connectivity index (χ3n) is 6.05. The van der Waals surface area contributed by atoms with Crippen LogP contribution in [0.5, 0.6) is 0 Å². The molecular weight excluding hydrogens is 376 g/mol. The zero-order chi connectivity index (χ0) is 20.8. The Morgan fingerprint density at radius 2 is 1.93 bits per heavy atom. The van der Waals surface area contributed by atoms with Crippen molar-refractivity contribution >= 4 is 5.97 Å². The molecule has 0 aromatic heterocycles. The van der Waals surface area contributed by atoms with Gasteiger partial charge >= 0.3 is 5.97 Å². The highest BCUT2D eigenvalue weighted by atomic mass is 16.7. The van der Waals surface area contributed by atoms with E-state index in [0.29, 0.717) is 0 Å². The second-order valence-corrected chi connectivity index (χ2v) is 7.94. The van der Waals surface area contributed by atoms with Crippen LogP contribution in [0.15, 0.2) is 11.6 Å². The molecule has 1 saturated heterocycles. The molecule has 2 fully saturated rings. The minimum absolute atomic E-state index is 0.0191. The molecule has 6 N–H and O–H groups in total. The van der Waals surface area contributed by atoms with Crippen molar-refractivity contribution in [3.05, 3.63) is 11.6 Å². The van der Waals surface area contributed by atoms with Gasteiger partial charge < -0.3 is 44.8 Å². The molecule has 28 heavy (non-hydrogen) atoms. The highest BCUT2D eigenvalue weighted by Crippen LogP contribution is 2.50. The van der Waals surface area contributed by atoms with E-state index in [2.05, 4.69) is 0 Å². The Morgan fingerprint density at radius 3 is 2.54 bits per heavy atom. The molecule has 0 aromatic rings. The highest BCUT2D eigenvalue weighted by molar-refractivity contribution is 5.89. The lowest BCUT2D eigenvalue weighted by Crippen LogP contribution is -2.60. The maximum atomic E-state index is 12.1. The molecule has 0 unspecified atom stereocenters. The van der Waals surface area contributed by atoms with E-state index in [1.807, 2.05) is 0 Å². The fourth-order valence-electron chi connectivity index (χ4n) is 4.70. The van der Waals surface area contributed by atoms with Crippen molar-refractivity contribution in [2.75, 3.05) is 13.7 Å². The zero-order valence-electron chi connectivity index (χ0n) is 15.7. The van der Waals surface area contributed by atoms with Crippen molar-refractivity contribution in [2.24, 2.45) is 11.8 Å². The first-order chi connectivity index (χ1) is 13.1. The number of fused-ring (bicyclic) bond motifs is 1. The molecule has 0 spiro atoms. The highest BCUT2D eigenvalue weighted by Gasteiger charge is 2.58. The van der Waals surface area contributed by atoms with E-state index in [1.165, 1.54) is 14.0 Å². The van der Waals surface area contributed by atoms with Crippen molar-refractivity contribution in [1.29, 1.82) is 0 Å². The lowest BCUT2D eigenvalue weighted by molar-refractivity contribution is -0.318. The second-order valence-electron chi connectivity index (χ2n) is 7.94. The minimum atomic E-state index is -1.59. The molecule has 10 atom stereocenters. The van der Waals surface area contributed by atoms with Crippen LogP contribution in [0.2, 0.25) is 0 Å². The van der Waals surface area contributed by atoms with Gasteiger partial charge in [0.2, 0.25) is 0 Å². The van der Waals surface area contributed by atoms with Gasteiger partial charge in [-0.15, -0.1) is 0 Å². The lowest BCUT2D eigenvalue weighted by Gasteiger charge is -2.44. The normalized spacial score (nSPS) is 48.7. The first kappa shape index (κ1) is 21.6. The van der Waals surface area contributed by atoms with Crippen LogP contribution in [-0.4, -0.2) is 98.8 Å². The van der Waals surface area contributed by atoms with Crippen LogP contribution in [0.25, 0.3) is 0 Å². The Morgan fingerprint density at radius 1 is 1.25 bits per heavy atom. The van der Waals surface area contributed by atoms with E-state index in [1.54, 1.807) is 6.08 Å². The van der Waals surface area contributed by atoms with Crippen molar-refractivity contribution in [2.45, 2.75) is 68.3 Å². The average molecular weight is 404 g/mol. The number of esters is 1. The summed E-state index contributed by atoms with van der Waals surface area (Å²) >= 11 is 0. The van der Waals surface area contributed by atoms with Gasteiger partial charge in [-0.3, -0.25) is 0 Å². The molecule has 3 rings (SSSR count). The van der Waals surface area contributed by atoms with Gasteiger partial charge in [0.25, 0.3) is 0 Å². The maximum absolute atomic E-state index is 12.1. The van der Waals surface area contributed by atoms with Crippen LogP contribution < -0.4 is 0 Å². The van der Waals surface area contributed by atoms with Crippen LogP contribution in [0.3, 0.4) is 0 Å². The van der Waals surface area contributed by atoms with Crippen LogP contribution in [0, 0.1) is 11.8 Å². The Bertz CT molecular complexity index is 617. The van der Waals surface area contributed by atoms with Crippen molar-refractivity contribution in [1.82, 2.24) is 0 Å². The average Bonchev–Trinajstić information content (AvgIpc) is 2.91. The third-order valence-corrected chi connectivity index (χ3v) is 6.05. The number of aliphatic hydroxyl groups is 6. The molecule has 0 bridgehead atoms. The molecule has 10 nitrogen and oxygen atoms in total. The fourth-order valence-corrected chi connectivity index (χ4v) is 4.70. The van der Waals surface area contributed by atoms with E-state index in [4.69, 9.17) is 14.2 Å². The summed E-state index contributed by atoms with van der Waals surface area (Å²) in [6.45, 7) is 0.940. The molecule has 0 amide bonds. The molecule has 3 aliphatic rings. The summed E-state index contributed by atoms with van der Waals surface area (Å²) in [7, 11) is 1.23. The Balaban J connectivity index is 1.86. The summed E-state index contributed by atoms with van der Waals surface area (Å²) in [4.78, 5) is 12.1. The van der Waals surface area contributed by atoms with Crippen molar-refractivity contribution < 1.29 is 49.6 Å². The number of hydrogen-bond donors (Lipinski definition) is 6. The molecular formula is C18H28O10. The van der Waals surface area contributed by atoms with Gasteiger partial charge in [0.15, 0.2) is 6.29 Å². The largest absolute Gasteiger partial charge is 0.466 e. The molecule has 160 valence electrons. The molecule has 2 aliphatic carbocycles. The summed E-state index contributed by atoms with van der Waals surface area (Å²) in [6, 6.07) is 0. The van der Waals surface area contributed by atoms with Gasteiger partial charge in [-0.25, -0.2) is 4.79 Å². The summed E-state index contributed by atoms with van der Waals surface area (Å²) < 4.78 is 16.0. The van der Waals surface area contributed by atoms with E-state index >= 15 is 0 Å².